The molecular weight excluding hydrogens is 415 g/mol. The normalized spacial score (nSPS) is 15.7. The van der Waals surface area contributed by atoms with Crippen LogP contribution in [0.15, 0.2) is 53.4 Å². The number of carbonyl (C=O) groups excluding carboxylic acids is 1. The number of anilines is 1. The molecule has 0 radical (unpaired) electrons. The largest absolute Gasteiger partial charge is 0.322 e. The first-order valence-corrected chi connectivity index (χ1v) is 12.1. The maximum Gasteiger partial charge on any atom is 0.322 e. The van der Waals surface area contributed by atoms with Gasteiger partial charge in [0.2, 0.25) is 0 Å². The number of aryl methyl sites for hydroxylation is 1. The second kappa shape index (κ2) is 8.82. The van der Waals surface area contributed by atoms with E-state index in [4.69, 9.17) is 0 Å². The molecule has 3 aromatic rings. The molecular formula is C24H25FN2OS2. The molecule has 1 aromatic heterocycles. The van der Waals surface area contributed by atoms with Crippen LogP contribution in [0.25, 0.3) is 0 Å². The molecule has 2 amide bonds. The zero-order chi connectivity index (χ0) is 21.3. The van der Waals surface area contributed by atoms with Gasteiger partial charge in [-0.15, -0.1) is 23.1 Å². The molecule has 2 aromatic carbocycles. The fourth-order valence-corrected chi connectivity index (χ4v) is 6.10. The summed E-state index contributed by atoms with van der Waals surface area (Å²) in [5, 5.41) is 3.07. The maximum absolute atomic E-state index is 13.6. The van der Waals surface area contributed by atoms with Gasteiger partial charge in [0.1, 0.15) is 5.82 Å². The van der Waals surface area contributed by atoms with Gasteiger partial charge in [-0.25, -0.2) is 9.18 Å². The van der Waals surface area contributed by atoms with Crippen LogP contribution in [0.5, 0.6) is 0 Å². The van der Waals surface area contributed by atoms with Crippen molar-refractivity contribution >= 4 is 34.8 Å². The number of nitrogens with one attached hydrogen (secondary N) is 1. The van der Waals surface area contributed by atoms with Gasteiger partial charge >= 0.3 is 6.03 Å². The van der Waals surface area contributed by atoms with Crippen LogP contribution in [-0.4, -0.2) is 23.7 Å². The molecule has 1 aliphatic heterocycles. The van der Waals surface area contributed by atoms with Crippen molar-refractivity contribution in [2.45, 2.75) is 37.6 Å². The van der Waals surface area contributed by atoms with Crippen molar-refractivity contribution in [3.63, 3.8) is 0 Å². The Morgan fingerprint density at radius 2 is 2.03 bits per heavy atom. The average Bonchev–Trinajstić information content (AvgIpc) is 3.08. The Morgan fingerprint density at radius 1 is 1.27 bits per heavy atom. The lowest BCUT2D eigenvalue weighted by molar-refractivity contribution is 0.195. The summed E-state index contributed by atoms with van der Waals surface area (Å²) >= 11 is 3.41. The molecule has 0 bridgehead atoms. The maximum atomic E-state index is 13.6. The van der Waals surface area contributed by atoms with Crippen LogP contribution in [-0.2, 0) is 12.8 Å². The molecule has 3 nitrogen and oxygen atoms in total. The summed E-state index contributed by atoms with van der Waals surface area (Å²) in [7, 11) is 0. The topological polar surface area (TPSA) is 32.3 Å². The smallest absolute Gasteiger partial charge is 0.312 e. The minimum Gasteiger partial charge on any atom is -0.312 e. The molecule has 6 heteroatoms. The van der Waals surface area contributed by atoms with Crippen LogP contribution in [0.4, 0.5) is 14.9 Å². The molecule has 4 rings (SSSR count). The molecule has 0 aliphatic carbocycles. The van der Waals surface area contributed by atoms with Crippen molar-refractivity contribution < 1.29 is 9.18 Å². The lowest BCUT2D eigenvalue weighted by Crippen LogP contribution is -2.42. The number of benzene rings is 2. The van der Waals surface area contributed by atoms with Gasteiger partial charge in [0.15, 0.2) is 0 Å². The number of amides is 2. The third kappa shape index (κ3) is 3.98. The van der Waals surface area contributed by atoms with Gasteiger partial charge in [0.05, 0.1) is 6.04 Å². The highest BCUT2D eigenvalue weighted by Gasteiger charge is 2.35. The predicted octanol–water partition coefficient (Wildman–Crippen LogP) is 6.66. The molecule has 2 heterocycles. The first kappa shape index (κ1) is 20.9. The summed E-state index contributed by atoms with van der Waals surface area (Å²) in [6.45, 7) is 4.97. The highest BCUT2D eigenvalue weighted by Crippen LogP contribution is 2.43. The van der Waals surface area contributed by atoms with Crippen molar-refractivity contribution in [2.24, 2.45) is 0 Å². The molecule has 0 saturated carbocycles. The molecule has 1 atom stereocenters. The minimum absolute atomic E-state index is 0.127. The number of hydrogen-bond acceptors (Lipinski definition) is 3. The molecule has 0 unspecified atom stereocenters. The van der Waals surface area contributed by atoms with Crippen molar-refractivity contribution in [3.8, 4) is 0 Å². The van der Waals surface area contributed by atoms with E-state index in [0.717, 1.165) is 29.0 Å². The zero-order valence-electron chi connectivity index (χ0n) is 17.4. The van der Waals surface area contributed by atoms with Gasteiger partial charge in [-0.05, 0) is 73.0 Å². The van der Waals surface area contributed by atoms with Crippen LogP contribution in [0.2, 0.25) is 0 Å². The van der Waals surface area contributed by atoms with E-state index in [-0.39, 0.29) is 17.9 Å². The van der Waals surface area contributed by atoms with Crippen LogP contribution in [0, 0.1) is 12.7 Å². The summed E-state index contributed by atoms with van der Waals surface area (Å²) in [4.78, 5) is 18.8. The van der Waals surface area contributed by atoms with Crippen LogP contribution >= 0.6 is 23.1 Å². The van der Waals surface area contributed by atoms with E-state index in [2.05, 4.69) is 19.2 Å². The summed E-state index contributed by atoms with van der Waals surface area (Å²) in [5.74, 6) is -0.267. The third-order valence-corrected chi connectivity index (χ3v) is 7.60. The second-order valence-electron chi connectivity index (χ2n) is 7.39. The molecule has 1 aliphatic rings. The number of halogens is 1. The van der Waals surface area contributed by atoms with E-state index in [1.54, 1.807) is 35.2 Å². The summed E-state index contributed by atoms with van der Waals surface area (Å²) in [6.07, 6.45) is 3.85. The number of rotatable bonds is 4. The fourth-order valence-electron chi connectivity index (χ4n) is 4.20. The predicted molar refractivity (Wildman–Crippen MR) is 124 cm³/mol. The monoisotopic (exact) mass is 440 g/mol. The Morgan fingerprint density at radius 3 is 2.73 bits per heavy atom. The van der Waals surface area contributed by atoms with E-state index < -0.39 is 0 Å². The number of thiophene rings is 1. The number of nitrogens with zero attached hydrogens (tertiary/aromatic N) is 1. The van der Waals surface area contributed by atoms with Gasteiger partial charge in [-0.2, -0.15) is 0 Å². The summed E-state index contributed by atoms with van der Waals surface area (Å²) in [6, 6.07) is 14.1. The van der Waals surface area contributed by atoms with Gasteiger partial charge < -0.3 is 10.2 Å². The lowest BCUT2D eigenvalue weighted by Gasteiger charge is -2.36. The van der Waals surface area contributed by atoms with E-state index in [1.165, 1.54) is 33.0 Å². The molecule has 30 heavy (non-hydrogen) atoms. The van der Waals surface area contributed by atoms with Gasteiger partial charge in [0, 0.05) is 26.9 Å². The minimum atomic E-state index is -0.267. The summed E-state index contributed by atoms with van der Waals surface area (Å²) in [5.41, 5.74) is 4.49. The highest BCUT2D eigenvalue weighted by atomic mass is 32.2. The Labute approximate surface area is 185 Å². The van der Waals surface area contributed by atoms with E-state index in [9.17, 15) is 9.18 Å². The Kier molecular flexibility index (Phi) is 6.16. The Hall–Kier alpha value is -2.31. The van der Waals surface area contributed by atoms with Crippen LogP contribution in [0.3, 0.4) is 0 Å². The van der Waals surface area contributed by atoms with Gasteiger partial charge in [0.25, 0.3) is 0 Å². The van der Waals surface area contributed by atoms with Crippen molar-refractivity contribution in [3.05, 3.63) is 80.8 Å². The summed E-state index contributed by atoms with van der Waals surface area (Å²) < 4.78 is 13.6. The highest BCUT2D eigenvalue weighted by molar-refractivity contribution is 7.98. The van der Waals surface area contributed by atoms with Crippen molar-refractivity contribution in [1.82, 2.24) is 4.90 Å². The number of hydrogen-bond donors (Lipinski definition) is 1. The number of urea groups is 1. The zero-order valence-corrected chi connectivity index (χ0v) is 19.0. The Bertz CT molecular complexity index is 1060. The lowest BCUT2D eigenvalue weighted by atomic mass is 9.92. The van der Waals surface area contributed by atoms with E-state index in [0.29, 0.717) is 6.54 Å². The standard InChI is InChI=1S/C24H25FN2OS2/c1-4-20-15(2)30-23-21(20)12-13-27(22(23)16-8-10-17(25)11-9-16)24(28)26-18-6-5-7-19(14-18)29-3/h5-11,14,22H,4,12-13H2,1-3H3,(H,26,28)/t22-/m1/s1. The molecule has 156 valence electrons. The van der Waals surface area contributed by atoms with Gasteiger partial charge in [-0.3, -0.25) is 0 Å². The second-order valence-corrected chi connectivity index (χ2v) is 9.53. The van der Waals surface area contributed by atoms with E-state index in [1.807, 2.05) is 35.4 Å². The quantitative estimate of drug-likeness (QED) is 0.460. The Balaban J connectivity index is 1.72. The van der Waals surface area contributed by atoms with E-state index >= 15 is 0 Å². The van der Waals surface area contributed by atoms with Gasteiger partial charge in [-0.1, -0.05) is 25.1 Å². The molecule has 1 N–H and O–H groups in total. The number of thioether (sulfide) groups is 1. The molecule has 0 saturated heterocycles. The fraction of sp³-hybridized carbons (Fsp3) is 0.292. The van der Waals surface area contributed by atoms with Crippen molar-refractivity contribution in [1.29, 1.82) is 0 Å². The molecule has 0 spiro atoms. The van der Waals surface area contributed by atoms with Crippen LogP contribution in [0.1, 0.15) is 39.4 Å². The van der Waals surface area contributed by atoms with Crippen molar-refractivity contribution in [2.75, 3.05) is 18.1 Å². The average molecular weight is 441 g/mol. The first-order valence-electron chi connectivity index (χ1n) is 10.1. The van der Waals surface area contributed by atoms with Crippen LogP contribution < -0.4 is 5.32 Å². The number of carbonyl (C=O) groups is 1. The first-order chi connectivity index (χ1) is 14.5. The third-order valence-electron chi connectivity index (χ3n) is 5.63. The number of fused-ring (bicyclic) bond motifs is 1. The molecule has 0 fully saturated rings. The SMILES string of the molecule is CCc1c(C)sc2c1CCN(C(=O)Nc1cccc(SC)c1)[C@@H]2c1ccc(F)cc1.